The molecule has 0 saturated carbocycles. The Kier molecular flexibility index (Phi) is 4.37. The van der Waals surface area contributed by atoms with E-state index in [1.807, 2.05) is 0 Å². The number of hydrogen-bond acceptors (Lipinski definition) is 5. The number of aromatic carboxylic acids is 1. The molecule has 2 bridgehead atoms. The lowest BCUT2D eigenvalue weighted by molar-refractivity contribution is 0.00306. The fourth-order valence-electron chi connectivity index (χ4n) is 4.39. The average molecular weight is 351 g/mol. The molecule has 130 valence electrons. The highest BCUT2D eigenvalue weighted by Crippen LogP contribution is 2.32. The zero-order valence-corrected chi connectivity index (χ0v) is 14.5. The molecular formula is C17H23ClN4O2. The van der Waals surface area contributed by atoms with Crippen LogP contribution < -0.4 is 4.90 Å². The lowest BCUT2D eigenvalue weighted by Gasteiger charge is -2.51. The molecule has 24 heavy (non-hydrogen) atoms. The number of carboxylic acid groups (broad SMARTS) is 1. The SMILES string of the molecule is O=C(O)c1cnc(N2CCN([C@@H]3CN4CCC3CC4)CC2)c(Cl)c1. The van der Waals surface area contributed by atoms with Gasteiger partial charge in [0.25, 0.3) is 0 Å². The van der Waals surface area contributed by atoms with Gasteiger partial charge in [-0.2, -0.15) is 0 Å². The molecule has 1 atom stereocenters. The number of anilines is 1. The van der Waals surface area contributed by atoms with Gasteiger partial charge in [-0.05, 0) is 37.9 Å². The summed E-state index contributed by atoms with van der Waals surface area (Å²) in [6, 6.07) is 2.19. The number of pyridine rings is 1. The Labute approximate surface area is 147 Å². The molecule has 6 nitrogen and oxygen atoms in total. The van der Waals surface area contributed by atoms with Crippen LogP contribution in [0.25, 0.3) is 0 Å². The predicted molar refractivity (Wildman–Crippen MR) is 92.9 cm³/mol. The van der Waals surface area contributed by atoms with Gasteiger partial charge in [-0.3, -0.25) is 4.90 Å². The van der Waals surface area contributed by atoms with Gasteiger partial charge >= 0.3 is 5.97 Å². The number of carbonyl (C=O) groups is 1. The normalized spacial score (nSPS) is 30.5. The first-order chi connectivity index (χ1) is 11.6. The number of aromatic nitrogens is 1. The van der Waals surface area contributed by atoms with E-state index in [1.165, 1.54) is 44.7 Å². The van der Waals surface area contributed by atoms with E-state index in [1.54, 1.807) is 0 Å². The van der Waals surface area contributed by atoms with E-state index in [9.17, 15) is 4.79 Å². The van der Waals surface area contributed by atoms with Crippen LogP contribution >= 0.6 is 11.6 Å². The molecule has 0 unspecified atom stereocenters. The Bertz CT molecular complexity index is 625. The number of fused-ring (bicyclic) bond motifs is 3. The van der Waals surface area contributed by atoms with Crippen LogP contribution in [0.2, 0.25) is 5.02 Å². The third-order valence-corrected chi connectivity index (χ3v) is 6.05. The fourth-order valence-corrected chi connectivity index (χ4v) is 4.68. The van der Waals surface area contributed by atoms with Crippen molar-refractivity contribution in [3.8, 4) is 0 Å². The third-order valence-electron chi connectivity index (χ3n) is 5.77. The van der Waals surface area contributed by atoms with Crippen molar-refractivity contribution in [2.24, 2.45) is 5.92 Å². The van der Waals surface area contributed by atoms with Gasteiger partial charge in [-0.15, -0.1) is 0 Å². The van der Waals surface area contributed by atoms with Crippen molar-refractivity contribution < 1.29 is 9.90 Å². The second-order valence-corrected chi connectivity index (χ2v) is 7.47. The van der Waals surface area contributed by atoms with Crippen molar-refractivity contribution in [3.63, 3.8) is 0 Å². The summed E-state index contributed by atoms with van der Waals surface area (Å²) in [5.74, 6) is 0.566. The first kappa shape index (κ1) is 16.1. The Hall–Kier alpha value is -1.37. The fraction of sp³-hybridized carbons (Fsp3) is 0.647. The van der Waals surface area contributed by atoms with Gasteiger partial charge in [-0.25, -0.2) is 9.78 Å². The summed E-state index contributed by atoms with van der Waals surface area (Å²) in [5, 5.41) is 9.44. The number of halogens is 1. The van der Waals surface area contributed by atoms with E-state index in [4.69, 9.17) is 16.7 Å². The Morgan fingerprint density at radius 3 is 2.42 bits per heavy atom. The second kappa shape index (κ2) is 6.50. The van der Waals surface area contributed by atoms with Gasteiger partial charge in [0.2, 0.25) is 0 Å². The minimum Gasteiger partial charge on any atom is -0.478 e. The molecular weight excluding hydrogens is 328 g/mol. The first-order valence-electron chi connectivity index (χ1n) is 8.72. The quantitative estimate of drug-likeness (QED) is 0.894. The van der Waals surface area contributed by atoms with E-state index >= 15 is 0 Å². The number of hydrogen-bond donors (Lipinski definition) is 1. The van der Waals surface area contributed by atoms with Crippen LogP contribution in [0.4, 0.5) is 5.82 Å². The minimum atomic E-state index is -0.997. The molecule has 0 spiro atoms. The number of piperidine rings is 3. The highest BCUT2D eigenvalue weighted by Gasteiger charge is 2.38. The monoisotopic (exact) mass is 350 g/mol. The average Bonchev–Trinajstić information content (AvgIpc) is 2.62. The molecule has 1 N–H and O–H groups in total. The molecule has 4 aliphatic heterocycles. The molecule has 4 saturated heterocycles. The number of rotatable bonds is 3. The highest BCUT2D eigenvalue weighted by atomic mass is 35.5. The van der Waals surface area contributed by atoms with Crippen molar-refractivity contribution in [1.82, 2.24) is 14.8 Å². The molecule has 0 aromatic carbocycles. The molecule has 5 heterocycles. The van der Waals surface area contributed by atoms with Crippen molar-refractivity contribution in [2.45, 2.75) is 18.9 Å². The van der Waals surface area contributed by atoms with E-state index < -0.39 is 5.97 Å². The Balaban J connectivity index is 1.40. The molecule has 1 aromatic heterocycles. The smallest absolute Gasteiger partial charge is 0.337 e. The maximum Gasteiger partial charge on any atom is 0.337 e. The Morgan fingerprint density at radius 1 is 1.17 bits per heavy atom. The van der Waals surface area contributed by atoms with Crippen LogP contribution in [-0.2, 0) is 0 Å². The molecule has 0 aliphatic carbocycles. The maximum absolute atomic E-state index is 11.0. The van der Waals surface area contributed by atoms with Gasteiger partial charge < -0.3 is 14.9 Å². The Morgan fingerprint density at radius 2 is 1.88 bits per heavy atom. The number of nitrogens with zero attached hydrogens (tertiary/aromatic N) is 4. The largest absolute Gasteiger partial charge is 0.478 e. The summed E-state index contributed by atoms with van der Waals surface area (Å²) in [7, 11) is 0. The molecule has 4 fully saturated rings. The van der Waals surface area contributed by atoms with E-state index in [2.05, 4.69) is 19.7 Å². The van der Waals surface area contributed by atoms with Crippen LogP contribution in [0.3, 0.4) is 0 Å². The van der Waals surface area contributed by atoms with Gasteiger partial charge in [0.05, 0.1) is 10.6 Å². The summed E-state index contributed by atoms with van der Waals surface area (Å²) in [6.45, 7) is 7.59. The number of carboxylic acids is 1. The lowest BCUT2D eigenvalue weighted by atomic mass is 9.83. The van der Waals surface area contributed by atoms with Crippen LogP contribution in [0.15, 0.2) is 12.3 Å². The molecule has 5 rings (SSSR count). The minimum absolute atomic E-state index is 0.134. The molecule has 7 heteroatoms. The zero-order chi connectivity index (χ0) is 16.7. The van der Waals surface area contributed by atoms with Gasteiger partial charge in [0.1, 0.15) is 5.82 Å². The highest BCUT2D eigenvalue weighted by molar-refractivity contribution is 6.33. The van der Waals surface area contributed by atoms with Crippen molar-refractivity contribution in [1.29, 1.82) is 0 Å². The molecule has 4 aliphatic rings. The first-order valence-corrected chi connectivity index (χ1v) is 9.10. The van der Waals surface area contributed by atoms with Crippen molar-refractivity contribution in [3.05, 3.63) is 22.8 Å². The number of piperazine rings is 1. The van der Waals surface area contributed by atoms with Gasteiger partial charge in [-0.1, -0.05) is 11.6 Å². The molecule has 0 radical (unpaired) electrons. The second-order valence-electron chi connectivity index (χ2n) is 7.06. The lowest BCUT2D eigenvalue weighted by Crippen LogP contribution is -2.61. The summed E-state index contributed by atoms with van der Waals surface area (Å²) >= 11 is 6.26. The van der Waals surface area contributed by atoms with E-state index in [0.717, 1.165) is 32.1 Å². The van der Waals surface area contributed by atoms with Crippen LogP contribution in [-0.4, -0.2) is 77.7 Å². The van der Waals surface area contributed by atoms with Crippen molar-refractivity contribution >= 4 is 23.4 Å². The molecule has 0 amide bonds. The topological polar surface area (TPSA) is 59.9 Å². The third kappa shape index (κ3) is 2.98. The van der Waals surface area contributed by atoms with Gasteiger partial charge in [0, 0.05) is 45.0 Å². The van der Waals surface area contributed by atoms with Crippen LogP contribution in [0.1, 0.15) is 23.2 Å². The summed E-state index contributed by atoms with van der Waals surface area (Å²) in [4.78, 5) is 22.7. The maximum atomic E-state index is 11.0. The van der Waals surface area contributed by atoms with E-state index in [0.29, 0.717) is 16.9 Å². The summed E-state index contributed by atoms with van der Waals surface area (Å²) in [5.41, 5.74) is 0.134. The molecule has 1 aromatic rings. The van der Waals surface area contributed by atoms with Crippen LogP contribution in [0.5, 0.6) is 0 Å². The van der Waals surface area contributed by atoms with Crippen molar-refractivity contribution in [2.75, 3.05) is 50.7 Å². The zero-order valence-electron chi connectivity index (χ0n) is 13.7. The van der Waals surface area contributed by atoms with E-state index in [-0.39, 0.29) is 5.56 Å². The summed E-state index contributed by atoms with van der Waals surface area (Å²) < 4.78 is 0. The predicted octanol–water partition coefficient (Wildman–Crippen LogP) is 1.65. The van der Waals surface area contributed by atoms with Gasteiger partial charge in [0.15, 0.2) is 0 Å². The standard InChI is InChI=1S/C17H23ClN4O2/c18-14-9-13(17(23)24)10-19-16(14)22-7-5-21(6-8-22)15-11-20-3-1-12(15)2-4-20/h9-10,12,15H,1-8,11H2,(H,23,24)/t15-/m1/s1. The van der Waals surface area contributed by atoms with Crippen LogP contribution in [0, 0.1) is 5.92 Å². The summed E-state index contributed by atoms with van der Waals surface area (Å²) in [6.07, 6.45) is 4.08.